The van der Waals surface area contributed by atoms with Crippen molar-refractivity contribution in [1.82, 2.24) is 0 Å². The average Bonchev–Trinajstić information content (AvgIpc) is 2.12. The molecule has 0 aromatic heterocycles. The van der Waals surface area contributed by atoms with Crippen LogP contribution in [0.25, 0.3) is 0 Å². The number of nitrogens with one attached hydrogen (secondary N) is 1. The lowest BCUT2D eigenvalue weighted by Gasteiger charge is -2.04. The Kier molecular flexibility index (Phi) is 3.34. The fraction of sp³-hybridized carbons (Fsp3) is 0.100. The van der Waals surface area contributed by atoms with E-state index in [0.717, 1.165) is 12.1 Å². The second kappa shape index (κ2) is 4.50. The first-order valence-corrected chi connectivity index (χ1v) is 4.03. The zero-order valence-corrected chi connectivity index (χ0v) is 7.55. The number of benzene rings is 1. The summed E-state index contributed by atoms with van der Waals surface area (Å²) in [5.74, 6) is -2.14. The van der Waals surface area contributed by atoms with Crippen LogP contribution in [0.3, 0.4) is 0 Å². The van der Waals surface area contributed by atoms with Crippen molar-refractivity contribution >= 4 is 11.6 Å². The molecule has 0 fully saturated rings. The van der Waals surface area contributed by atoms with Crippen molar-refractivity contribution in [2.24, 2.45) is 0 Å². The molecule has 14 heavy (non-hydrogen) atoms. The van der Waals surface area contributed by atoms with Crippen molar-refractivity contribution in [2.45, 2.75) is 6.92 Å². The van der Waals surface area contributed by atoms with Gasteiger partial charge in [-0.15, -0.1) is 0 Å². The van der Waals surface area contributed by atoms with Crippen molar-refractivity contribution in [3.8, 4) is 0 Å². The van der Waals surface area contributed by atoms with Gasteiger partial charge in [-0.3, -0.25) is 4.79 Å². The van der Waals surface area contributed by atoms with Gasteiger partial charge in [0, 0.05) is 0 Å². The molecule has 1 N–H and O–H groups in total. The van der Waals surface area contributed by atoms with Crippen molar-refractivity contribution in [1.29, 1.82) is 0 Å². The summed E-state index contributed by atoms with van der Waals surface area (Å²) in [7, 11) is 0. The Bertz CT molecular complexity index is 354. The Labute approximate surface area is 80.2 Å². The second-order valence-corrected chi connectivity index (χ2v) is 2.59. The fourth-order valence-electron chi connectivity index (χ4n) is 0.933. The lowest BCUT2D eigenvalue weighted by atomic mass is 10.3. The third kappa shape index (κ3) is 2.39. The first kappa shape index (κ1) is 10.4. The number of carbonyl (C=O) groups excluding carboxylic acids is 1. The first-order chi connectivity index (χ1) is 6.65. The molecule has 0 saturated heterocycles. The standard InChI is InChI=1S/C10H9F2NO/c1-2-4-9(14)13-10-7(11)5-3-6-8(10)12/h2-6H,1H3,(H,13,14). The van der Waals surface area contributed by atoms with Gasteiger partial charge < -0.3 is 5.32 Å². The van der Waals surface area contributed by atoms with E-state index in [1.54, 1.807) is 6.92 Å². The van der Waals surface area contributed by atoms with E-state index in [2.05, 4.69) is 5.32 Å². The molecule has 0 atom stereocenters. The molecule has 0 spiro atoms. The second-order valence-electron chi connectivity index (χ2n) is 2.59. The third-order valence-corrected chi connectivity index (χ3v) is 1.53. The molecule has 1 rings (SSSR count). The summed E-state index contributed by atoms with van der Waals surface area (Å²) in [4.78, 5) is 11.0. The van der Waals surface area contributed by atoms with Gasteiger partial charge >= 0.3 is 0 Å². The van der Waals surface area contributed by atoms with Gasteiger partial charge in [0.15, 0.2) is 0 Å². The first-order valence-electron chi connectivity index (χ1n) is 4.03. The zero-order chi connectivity index (χ0) is 10.6. The summed E-state index contributed by atoms with van der Waals surface area (Å²) in [6.07, 6.45) is 2.67. The van der Waals surface area contributed by atoms with Crippen LogP contribution in [0, 0.1) is 11.6 Å². The predicted molar refractivity (Wildman–Crippen MR) is 49.8 cm³/mol. The van der Waals surface area contributed by atoms with Crippen LogP contribution >= 0.6 is 0 Å². The fourth-order valence-corrected chi connectivity index (χ4v) is 0.933. The molecule has 1 amide bonds. The van der Waals surface area contributed by atoms with Gasteiger partial charge in [-0.05, 0) is 25.1 Å². The van der Waals surface area contributed by atoms with Crippen molar-refractivity contribution in [3.63, 3.8) is 0 Å². The molecular weight excluding hydrogens is 188 g/mol. The van der Waals surface area contributed by atoms with Crippen LogP contribution in [0.15, 0.2) is 30.4 Å². The molecule has 0 bridgehead atoms. The molecule has 0 radical (unpaired) electrons. The van der Waals surface area contributed by atoms with Crippen molar-refractivity contribution in [3.05, 3.63) is 42.0 Å². The van der Waals surface area contributed by atoms with Gasteiger partial charge in [0.25, 0.3) is 0 Å². The van der Waals surface area contributed by atoms with E-state index < -0.39 is 23.2 Å². The summed E-state index contributed by atoms with van der Waals surface area (Å²) in [6, 6.07) is 3.39. The normalized spacial score (nSPS) is 10.5. The Morgan fingerprint density at radius 3 is 2.43 bits per heavy atom. The highest BCUT2D eigenvalue weighted by atomic mass is 19.1. The SMILES string of the molecule is CC=CC(=O)Nc1c(F)cccc1F. The maximum absolute atomic E-state index is 13.0. The van der Waals surface area contributed by atoms with Gasteiger partial charge in [0.2, 0.25) is 5.91 Å². The summed E-state index contributed by atoms with van der Waals surface area (Å²) in [5, 5.41) is 2.10. The Morgan fingerprint density at radius 2 is 1.93 bits per heavy atom. The van der Waals surface area contributed by atoms with E-state index in [4.69, 9.17) is 0 Å². The molecule has 74 valence electrons. The smallest absolute Gasteiger partial charge is 0.248 e. The third-order valence-electron chi connectivity index (χ3n) is 1.53. The van der Waals surface area contributed by atoms with E-state index in [9.17, 15) is 13.6 Å². The molecule has 2 nitrogen and oxygen atoms in total. The van der Waals surface area contributed by atoms with E-state index in [0.29, 0.717) is 0 Å². The summed E-state index contributed by atoms with van der Waals surface area (Å²) in [6.45, 7) is 1.64. The van der Waals surface area contributed by atoms with Crippen LogP contribution in [0.4, 0.5) is 14.5 Å². The summed E-state index contributed by atoms with van der Waals surface area (Å²) in [5.41, 5.74) is -0.421. The number of para-hydroxylation sites is 1. The number of carbonyl (C=O) groups is 1. The monoisotopic (exact) mass is 197 g/mol. The molecule has 0 aliphatic carbocycles. The molecule has 1 aromatic rings. The van der Waals surface area contributed by atoms with Crippen LogP contribution in [-0.4, -0.2) is 5.91 Å². The Hall–Kier alpha value is -1.71. The number of allylic oxidation sites excluding steroid dienone is 1. The van der Waals surface area contributed by atoms with Crippen molar-refractivity contribution in [2.75, 3.05) is 5.32 Å². The molecule has 1 aromatic carbocycles. The minimum Gasteiger partial charge on any atom is -0.318 e. The highest BCUT2D eigenvalue weighted by Crippen LogP contribution is 2.17. The minimum atomic E-state index is -0.789. The van der Waals surface area contributed by atoms with Gasteiger partial charge in [0.1, 0.15) is 17.3 Å². The molecule has 0 aliphatic rings. The van der Waals surface area contributed by atoms with Crippen LogP contribution in [0.5, 0.6) is 0 Å². The molecule has 0 saturated carbocycles. The molecule has 4 heteroatoms. The van der Waals surface area contributed by atoms with E-state index in [1.165, 1.54) is 18.2 Å². The van der Waals surface area contributed by atoms with Gasteiger partial charge in [-0.1, -0.05) is 12.1 Å². The number of anilines is 1. The lowest BCUT2D eigenvalue weighted by molar-refractivity contribution is -0.112. The number of amides is 1. The van der Waals surface area contributed by atoms with E-state index in [1.807, 2.05) is 0 Å². The number of hydrogen-bond acceptors (Lipinski definition) is 1. The van der Waals surface area contributed by atoms with Crippen LogP contribution < -0.4 is 5.32 Å². The van der Waals surface area contributed by atoms with Crippen LogP contribution in [0.1, 0.15) is 6.92 Å². The highest BCUT2D eigenvalue weighted by Gasteiger charge is 2.09. The number of halogens is 2. The average molecular weight is 197 g/mol. The van der Waals surface area contributed by atoms with E-state index >= 15 is 0 Å². The lowest BCUT2D eigenvalue weighted by Crippen LogP contribution is -2.10. The molecular formula is C10H9F2NO. The quantitative estimate of drug-likeness (QED) is 0.725. The summed E-state index contributed by atoms with van der Waals surface area (Å²) < 4.78 is 25.9. The van der Waals surface area contributed by atoms with Crippen LogP contribution in [-0.2, 0) is 4.79 Å². The molecule has 0 aliphatic heterocycles. The Morgan fingerprint density at radius 1 is 1.36 bits per heavy atom. The largest absolute Gasteiger partial charge is 0.318 e. The van der Waals surface area contributed by atoms with Gasteiger partial charge in [-0.25, -0.2) is 8.78 Å². The predicted octanol–water partition coefficient (Wildman–Crippen LogP) is 2.48. The summed E-state index contributed by atoms with van der Waals surface area (Å²) >= 11 is 0. The molecule has 0 heterocycles. The van der Waals surface area contributed by atoms with Crippen molar-refractivity contribution < 1.29 is 13.6 Å². The van der Waals surface area contributed by atoms with Crippen LogP contribution in [0.2, 0.25) is 0 Å². The van der Waals surface area contributed by atoms with Gasteiger partial charge in [-0.2, -0.15) is 0 Å². The van der Waals surface area contributed by atoms with Gasteiger partial charge in [0.05, 0.1) is 0 Å². The Balaban J connectivity index is 2.91. The highest BCUT2D eigenvalue weighted by molar-refractivity contribution is 5.99. The maximum atomic E-state index is 13.0. The number of rotatable bonds is 2. The topological polar surface area (TPSA) is 29.1 Å². The zero-order valence-electron chi connectivity index (χ0n) is 7.55. The minimum absolute atomic E-state index is 0.421. The number of hydrogen-bond donors (Lipinski definition) is 1. The van der Waals surface area contributed by atoms with E-state index in [-0.39, 0.29) is 0 Å². The molecule has 0 unspecified atom stereocenters. The maximum Gasteiger partial charge on any atom is 0.248 e.